The Morgan fingerprint density at radius 3 is 2.27 bits per heavy atom. The molecule has 86 valence electrons. The summed E-state index contributed by atoms with van der Waals surface area (Å²) in [4.78, 5) is 23.5. The summed E-state index contributed by atoms with van der Waals surface area (Å²) < 4.78 is 22.4. The molecule has 15 heavy (non-hydrogen) atoms. The van der Waals surface area contributed by atoms with Gasteiger partial charge in [-0.15, -0.1) is 0 Å². The van der Waals surface area contributed by atoms with Gasteiger partial charge in [0.25, 0.3) is 0 Å². The van der Waals surface area contributed by atoms with E-state index in [-0.39, 0.29) is 43.0 Å². The first-order chi connectivity index (χ1) is 6.96. The summed E-state index contributed by atoms with van der Waals surface area (Å²) in [7, 11) is -3.13. The zero-order valence-corrected chi connectivity index (χ0v) is 9.34. The number of piperazine rings is 1. The second kappa shape index (κ2) is 4.71. The highest BCUT2D eigenvalue weighted by Crippen LogP contribution is 1.99. The third kappa shape index (κ3) is 3.28. The van der Waals surface area contributed by atoms with Crippen LogP contribution in [-0.4, -0.2) is 56.3 Å². The molecule has 0 radical (unpaired) electrons. The van der Waals surface area contributed by atoms with Crippen molar-refractivity contribution in [2.45, 2.75) is 6.92 Å². The normalized spacial score (nSPS) is 18.3. The topological polar surface area (TPSA) is 83.6 Å². The molecule has 1 heterocycles. The molecule has 1 rings (SSSR count). The van der Waals surface area contributed by atoms with Gasteiger partial charge in [-0.2, -0.15) is 0 Å². The zero-order chi connectivity index (χ0) is 11.5. The van der Waals surface area contributed by atoms with Gasteiger partial charge in [0.1, 0.15) is 0 Å². The lowest BCUT2D eigenvalue weighted by molar-refractivity contribution is -0.146. The summed E-state index contributed by atoms with van der Waals surface area (Å²) in [5.41, 5.74) is 0. The molecule has 0 atom stereocenters. The second-order valence-corrected chi connectivity index (χ2v) is 5.75. The van der Waals surface area contributed by atoms with Crippen molar-refractivity contribution in [2.75, 3.05) is 31.1 Å². The Morgan fingerprint density at radius 1 is 1.27 bits per heavy atom. The summed E-state index contributed by atoms with van der Waals surface area (Å²) in [5.74, 6) is -0.849. The van der Waals surface area contributed by atoms with Crippen molar-refractivity contribution in [3.63, 3.8) is 0 Å². The molecule has 0 saturated carbocycles. The predicted octanol–water partition coefficient (Wildman–Crippen LogP) is -1.62. The molecule has 1 aliphatic rings. The third-order valence-corrected chi connectivity index (χ3v) is 3.90. The Morgan fingerprint density at radius 2 is 1.80 bits per heavy atom. The van der Waals surface area contributed by atoms with Crippen LogP contribution < -0.4 is 5.32 Å². The SMILES string of the molecule is CCS(=O)(=O)CCN1C(=O)CNCC1=O. The van der Waals surface area contributed by atoms with Crippen molar-refractivity contribution in [3.8, 4) is 0 Å². The average Bonchev–Trinajstić information content (AvgIpc) is 2.17. The molecule has 0 aromatic carbocycles. The smallest absolute Gasteiger partial charge is 0.243 e. The maximum Gasteiger partial charge on any atom is 0.243 e. The highest BCUT2D eigenvalue weighted by molar-refractivity contribution is 7.91. The number of carbonyl (C=O) groups excluding carboxylic acids is 2. The van der Waals surface area contributed by atoms with Gasteiger partial charge in [0.15, 0.2) is 9.84 Å². The summed E-state index contributed by atoms with van der Waals surface area (Å²) in [6.45, 7) is 1.70. The first-order valence-corrected chi connectivity index (χ1v) is 6.53. The molecule has 7 heteroatoms. The third-order valence-electron chi connectivity index (χ3n) is 2.22. The van der Waals surface area contributed by atoms with Gasteiger partial charge in [0, 0.05) is 12.3 Å². The van der Waals surface area contributed by atoms with Crippen LogP contribution in [0.2, 0.25) is 0 Å². The van der Waals surface area contributed by atoms with Crippen LogP contribution in [0.25, 0.3) is 0 Å². The molecule has 0 aromatic heterocycles. The van der Waals surface area contributed by atoms with Crippen molar-refractivity contribution in [1.29, 1.82) is 0 Å². The molecule has 0 unspecified atom stereocenters. The van der Waals surface area contributed by atoms with E-state index >= 15 is 0 Å². The van der Waals surface area contributed by atoms with Gasteiger partial charge in [-0.3, -0.25) is 19.8 Å². The quantitative estimate of drug-likeness (QED) is 0.591. The zero-order valence-electron chi connectivity index (χ0n) is 8.52. The maximum absolute atomic E-state index is 11.3. The summed E-state index contributed by atoms with van der Waals surface area (Å²) >= 11 is 0. The second-order valence-electron chi connectivity index (χ2n) is 3.28. The van der Waals surface area contributed by atoms with Gasteiger partial charge < -0.3 is 0 Å². The molecule has 2 amide bonds. The van der Waals surface area contributed by atoms with E-state index in [0.29, 0.717) is 0 Å². The number of amides is 2. The lowest BCUT2D eigenvalue weighted by Gasteiger charge is -2.25. The Kier molecular flexibility index (Phi) is 3.81. The highest BCUT2D eigenvalue weighted by Gasteiger charge is 2.26. The maximum atomic E-state index is 11.3. The Bertz CT molecular complexity index is 347. The lowest BCUT2D eigenvalue weighted by Crippen LogP contribution is -2.53. The van der Waals surface area contributed by atoms with Crippen molar-refractivity contribution < 1.29 is 18.0 Å². The molecular formula is C8H14N2O4S. The van der Waals surface area contributed by atoms with Crippen LogP contribution in [0.1, 0.15) is 6.92 Å². The molecule has 0 bridgehead atoms. The van der Waals surface area contributed by atoms with Crippen molar-refractivity contribution >= 4 is 21.7 Å². The monoisotopic (exact) mass is 234 g/mol. The molecule has 1 fully saturated rings. The molecule has 1 aliphatic heterocycles. The summed E-state index contributed by atoms with van der Waals surface area (Å²) in [6.07, 6.45) is 0. The number of nitrogens with one attached hydrogen (secondary N) is 1. The highest BCUT2D eigenvalue weighted by atomic mass is 32.2. The molecule has 1 N–H and O–H groups in total. The number of rotatable bonds is 4. The van der Waals surface area contributed by atoms with E-state index < -0.39 is 9.84 Å². The van der Waals surface area contributed by atoms with E-state index in [1.165, 1.54) is 6.92 Å². The van der Waals surface area contributed by atoms with Gasteiger partial charge >= 0.3 is 0 Å². The standard InChI is InChI=1S/C8H14N2O4S/c1-2-15(13,14)4-3-10-7(11)5-9-6-8(10)12/h9H,2-6H2,1H3. The van der Waals surface area contributed by atoms with E-state index in [1.54, 1.807) is 0 Å². The van der Waals surface area contributed by atoms with Crippen LogP contribution in [0, 0.1) is 0 Å². The minimum Gasteiger partial charge on any atom is -0.300 e. The number of imide groups is 1. The summed E-state index contributed by atoms with van der Waals surface area (Å²) in [5, 5.41) is 2.64. The van der Waals surface area contributed by atoms with Crippen LogP contribution in [0.5, 0.6) is 0 Å². The van der Waals surface area contributed by atoms with E-state index in [4.69, 9.17) is 0 Å². The fraction of sp³-hybridized carbons (Fsp3) is 0.750. The van der Waals surface area contributed by atoms with Gasteiger partial charge in [-0.1, -0.05) is 6.92 Å². The van der Waals surface area contributed by atoms with Crippen LogP contribution in [0.3, 0.4) is 0 Å². The molecule has 6 nitrogen and oxygen atoms in total. The van der Waals surface area contributed by atoms with Crippen LogP contribution in [-0.2, 0) is 19.4 Å². The largest absolute Gasteiger partial charge is 0.300 e. The summed E-state index contributed by atoms with van der Waals surface area (Å²) in [6, 6.07) is 0. The predicted molar refractivity (Wildman–Crippen MR) is 53.9 cm³/mol. The fourth-order valence-electron chi connectivity index (χ4n) is 1.23. The number of nitrogens with zero attached hydrogens (tertiary/aromatic N) is 1. The molecule has 0 aromatic rings. The van der Waals surface area contributed by atoms with Crippen LogP contribution in [0.15, 0.2) is 0 Å². The van der Waals surface area contributed by atoms with Crippen LogP contribution in [0.4, 0.5) is 0 Å². The van der Waals surface area contributed by atoms with Gasteiger partial charge in [0.05, 0.1) is 18.8 Å². The van der Waals surface area contributed by atoms with E-state index in [2.05, 4.69) is 5.32 Å². The Labute approximate surface area is 88.5 Å². The number of hydrogen-bond acceptors (Lipinski definition) is 5. The molecule has 0 spiro atoms. The Balaban J connectivity index is 2.57. The van der Waals surface area contributed by atoms with E-state index in [9.17, 15) is 18.0 Å². The van der Waals surface area contributed by atoms with Gasteiger partial charge in [-0.25, -0.2) is 8.42 Å². The minimum absolute atomic E-state index is 0.0292. The number of carbonyl (C=O) groups is 2. The average molecular weight is 234 g/mol. The number of hydrogen-bond donors (Lipinski definition) is 1. The first kappa shape index (κ1) is 12.1. The first-order valence-electron chi connectivity index (χ1n) is 4.70. The van der Waals surface area contributed by atoms with Gasteiger partial charge in [0.2, 0.25) is 11.8 Å². The molecule has 1 saturated heterocycles. The molecule has 0 aliphatic carbocycles. The molecular weight excluding hydrogens is 220 g/mol. The lowest BCUT2D eigenvalue weighted by atomic mass is 10.3. The van der Waals surface area contributed by atoms with E-state index in [1.807, 2.05) is 0 Å². The van der Waals surface area contributed by atoms with E-state index in [0.717, 1.165) is 4.90 Å². The van der Waals surface area contributed by atoms with Gasteiger partial charge in [-0.05, 0) is 0 Å². The Hall–Kier alpha value is -0.950. The van der Waals surface area contributed by atoms with Crippen molar-refractivity contribution in [1.82, 2.24) is 10.2 Å². The van der Waals surface area contributed by atoms with Crippen molar-refractivity contribution in [2.24, 2.45) is 0 Å². The fourth-order valence-corrected chi connectivity index (χ4v) is 1.98. The minimum atomic E-state index is -3.13. The number of sulfone groups is 1. The van der Waals surface area contributed by atoms with Crippen molar-refractivity contribution in [3.05, 3.63) is 0 Å². The van der Waals surface area contributed by atoms with Crippen LogP contribution >= 0.6 is 0 Å².